The van der Waals surface area contributed by atoms with Gasteiger partial charge in [0.15, 0.2) is 0 Å². The van der Waals surface area contributed by atoms with E-state index in [1.807, 2.05) is 0 Å². The van der Waals surface area contributed by atoms with Gasteiger partial charge in [0.05, 0.1) is 22.4 Å². The molecule has 104 valence electrons. The van der Waals surface area contributed by atoms with Crippen LogP contribution in [0.2, 0.25) is 0 Å². The molecule has 0 atom stereocenters. The van der Waals surface area contributed by atoms with Gasteiger partial charge in [-0.05, 0) is 36.4 Å². The Bertz CT molecular complexity index is 800. The first-order valence-corrected chi connectivity index (χ1v) is 6.80. The number of benzene rings is 2. The number of fused-ring (bicyclic) bond motifs is 1. The lowest BCUT2D eigenvalue weighted by atomic mass is 10.1. The van der Waals surface area contributed by atoms with E-state index in [-0.39, 0.29) is 11.3 Å². The summed E-state index contributed by atoms with van der Waals surface area (Å²) in [4.78, 5) is 36.7. The molecule has 3 rings (SSSR count). The summed E-state index contributed by atoms with van der Waals surface area (Å²) in [5.74, 6) is -2.03. The Labute approximate surface area is 127 Å². The first kappa shape index (κ1) is 13.5. The monoisotopic (exact) mass is 345 g/mol. The van der Waals surface area contributed by atoms with Crippen LogP contribution in [0.15, 0.2) is 46.9 Å². The van der Waals surface area contributed by atoms with Crippen LogP contribution in [0.3, 0.4) is 0 Å². The molecule has 0 saturated carbocycles. The largest absolute Gasteiger partial charge is 0.478 e. The van der Waals surface area contributed by atoms with Gasteiger partial charge in [-0.1, -0.05) is 22.0 Å². The van der Waals surface area contributed by atoms with Crippen LogP contribution in [-0.2, 0) is 0 Å². The average molecular weight is 346 g/mol. The summed E-state index contributed by atoms with van der Waals surface area (Å²) in [6, 6.07) is 10.6. The number of imide groups is 1. The fourth-order valence-corrected chi connectivity index (χ4v) is 2.59. The van der Waals surface area contributed by atoms with E-state index >= 15 is 0 Å². The number of amides is 2. The SMILES string of the molecule is O=C(O)c1cccc(N2C(=O)c3ccc(Br)cc3C2=O)c1. The van der Waals surface area contributed by atoms with Crippen LogP contribution in [0, 0.1) is 0 Å². The van der Waals surface area contributed by atoms with Crippen molar-refractivity contribution in [3.05, 3.63) is 63.6 Å². The molecule has 21 heavy (non-hydrogen) atoms. The predicted molar refractivity (Wildman–Crippen MR) is 78.7 cm³/mol. The van der Waals surface area contributed by atoms with Gasteiger partial charge in [0.1, 0.15) is 0 Å². The Hall–Kier alpha value is -2.47. The maximum Gasteiger partial charge on any atom is 0.335 e. The number of aromatic carboxylic acids is 1. The summed E-state index contributed by atoms with van der Waals surface area (Å²) in [6.45, 7) is 0. The molecule has 2 aromatic carbocycles. The Morgan fingerprint density at radius 1 is 1.00 bits per heavy atom. The summed E-state index contributed by atoms with van der Waals surface area (Å²) in [5.41, 5.74) is 0.876. The summed E-state index contributed by atoms with van der Waals surface area (Å²) in [6.07, 6.45) is 0. The van der Waals surface area contributed by atoms with Gasteiger partial charge in [-0.2, -0.15) is 0 Å². The standard InChI is InChI=1S/C15H8BrNO4/c16-9-4-5-11-12(7-9)14(19)17(13(11)18)10-3-1-2-8(6-10)15(20)21/h1-7H,(H,20,21). The highest BCUT2D eigenvalue weighted by atomic mass is 79.9. The van der Waals surface area contributed by atoms with Gasteiger partial charge in [-0.15, -0.1) is 0 Å². The van der Waals surface area contributed by atoms with Crippen molar-refractivity contribution < 1.29 is 19.5 Å². The third-order valence-electron chi connectivity index (χ3n) is 3.20. The number of carboxylic acids is 1. The number of carbonyl (C=O) groups excluding carboxylic acids is 2. The second kappa shape index (κ2) is 4.82. The highest BCUT2D eigenvalue weighted by molar-refractivity contribution is 9.10. The third-order valence-corrected chi connectivity index (χ3v) is 3.69. The molecule has 2 aromatic rings. The zero-order valence-corrected chi connectivity index (χ0v) is 12.1. The summed E-state index contributed by atoms with van der Waals surface area (Å²) < 4.78 is 0.698. The number of carboxylic acid groups (broad SMARTS) is 1. The molecule has 0 aromatic heterocycles. The highest BCUT2D eigenvalue weighted by Gasteiger charge is 2.36. The minimum absolute atomic E-state index is 0.0187. The number of carbonyl (C=O) groups is 3. The molecule has 0 saturated heterocycles. The van der Waals surface area contributed by atoms with Gasteiger partial charge in [0.25, 0.3) is 11.8 Å². The Kier molecular flexibility index (Phi) is 3.10. The zero-order valence-electron chi connectivity index (χ0n) is 10.5. The van der Waals surface area contributed by atoms with E-state index in [1.165, 1.54) is 24.3 Å². The van der Waals surface area contributed by atoms with E-state index in [1.54, 1.807) is 18.2 Å². The van der Waals surface area contributed by atoms with Crippen LogP contribution < -0.4 is 4.90 Å². The number of halogens is 1. The quantitative estimate of drug-likeness (QED) is 0.849. The van der Waals surface area contributed by atoms with Crippen molar-refractivity contribution in [2.24, 2.45) is 0 Å². The molecule has 0 unspecified atom stereocenters. The lowest BCUT2D eigenvalue weighted by Crippen LogP contribution is -2.29. The summed E-state index contributed by atoms with van der Waals surface area (Å²) >= 11 is 3.26. The topological polar surface area (TPSA) is 74.7 Å². The van der Waals surface area contributed by atoms with Crippen molar-refractivity contribution >= 4 is 39.4 Å². The first-order chi connectivity index (χ1) is 9.99. The molecule has 0 bridgehead atoms. The molecule has 1 aliphatic heterocycles. The average Bonchev–Trinajstić information content (AvgIpc) is 2.70. The Balaban J connectivity index is 2.10. The molecule has 6 heteroatoms. The molecule has 0 fully saturated rings. The lowest BCUT2D eigenvalue weighted by molar-refractivity contribution is 0.0695. The summed E-state index contributed by atoms with van der Waals surface area (Å²) in [5, 5.41) is 9.00. The molecular weight excluding hydrogens is 338 g/mol. The van der Waals surface area contributed by atoms with Gasteiger partial charge in [0, 0.05) is 4.47 Å². The van der Waals surface area contributed by atoms with Crippen molar-refractivity contribution in [2.45, 2.75) is 0 Å². The molecule has 5 nitrogen and oxygen atoms in total. The van der Waals surface area contributed by atoms with Gasteiger partial charge in [0.2, 0.25) is 0 Å². The zero-order chi connectivity index (χ0) is 15.1. The van der Waals surface area contributed by atoms with Crippen molar-refractivity contribution in [3.63, 3.8) is 0 Å². The lowest BCUT2D eigenvalue weighted by Gasteiger charge is -2.14. The van der Waals surface area contributed by atoms with E-state index in [4.69, 9.17) is 5.11 Å². The van der Waals surface area contributed by atoms with E-state index < -0.39 is 17.8 Å². The molecule has 0 aliphatic carbocycles. The van der Waals surface area contributed by atoms with Gasteiger partial charge < -0.3 is 5.11 Å². The van der Waals surface area contributed by atoms with E-state index in [9.17, 15) is 14.4 Å². The second-order valence-electron chi connectivity index (χ2n) is 4.49. The minimum Gasteiger partial charge on any atom is -0.478 e. The molecule has 0 spiro atoms. The van der Waals surface area contributed by atoms with E-state index in [0.29, 0.717) is 15.6 Å². The van der Waals surface area contributed by atoms with Gasteiger partial charge >= 0.3 is 5.97 Å². The molecular formula is C15H8BrNO4. The van der Waals surface area contributed by atoms with Crippen LogP contribution in [0.25, 0.3) is 0 Å². The number of rotatable bonds is 2. The van der Waals surface area contributed by atoms with E-state index in [0.717, 1.165) is 4.90 Å². The van der Waals surface area contributed by atoms with Crippen molar-refractivity contribution in [3.8, 4) is 0 Å². The molecule has 1 heterocycles. The number of anilines is 1. The normalized spacial score (nSPS) is 13.5. The third kappa shape index (κ3) is 2.13. The van der Waals surface area contributed by atoms with Crippen molar-refractivity contribution in [1.82, 2.24) is 0 Å². The number of nitrogens with zero attached hydrogens (tertiary/aromatic N) is 1. The fraction of sp³-hybridized carbons (Fsp3) is 0. The predicted octanol–water partition coefficient (Wildman–Crippen LogP) is 2.95. The maximum absolute atomic E-state index is 12.4. The van der Waals surface area contributed by atoms with Crippen LogP contribution >= 0.6 is 15.9 Å². The highest BCUT2D eigenvalue weighted by Crippen LogP contribution is 2.30. The molecule has 0 radical (unpaired) electrons. The minimum atomic E-state index is -1.11. The van der Waals surface area contributed by atoms with Gasteiger partial charge in [-0.25, -0.2) is 9.69 Å². The summed E-state index contributed by atoms with van der Waals surface area (Å²) in [7, 11) is 0. The van der Waals surface area contributed by atoms with Crippen LogP contribution in [0.4, 0.5) is 5.69 Å². The number of hydrogen-bond donors (Lipinski definition) is 1. The van der Waals surface area contributed by atoms with Crippen LogP contribution in [0.5, 0.6) is 0 Å². The maximum atomic E-state index is 12.4. The molecule has 1 aliphatic rings. The first-order valence-electron chi connectivity index (χ1n) is 6.01. The fourth-order valence-electron chi connectivity index (χ4n) is 2.23. The smallest absolute Gasteiger partial charge is 0.335 e. The second-order valence-corrected chi connectivity index (χ2v) is 5.41. The Morgan fingerprint density at radius 3 is 2.43 bits per heavy atom. The molecule has 2 amide bonds. The van der Waals surface area contributed by atoms with Crippen molar-refractivity contribution in [1.29, 1.82) is 0 Å². The van der Waals surface area contributed by atoms with Gasteiger partial charge in [-0.3, -0.25) is 9.59 Å². The molecule has 1 N–H and O–H groups in total. The van der Waals surface area contributed by atoms with Crippen molar-refractivity contribution in [2.75, 3.05) is 4.90 Å². The van der Waals surface area contributed by atoms with Crippen LogP contribution in [0.1, 0.15) is 31.1 Å². The van der Waals surface area contributed by atoms with Crippen LogP contribution in [-0.4, -0.2) is 22.9 Å². The number of hydrogen-bond acceptors (Lipinski definition) is 3. The Morgan fingerprint density at radius 2 is 1.71 bits per heavy atom. The van der Waals surface area contributed by atoms with E-state index in [2.05, 4.69) is 15.9 Å².